The van der Waals surface area contributed by atoms with Crippen LogP contribution in [0.1, 0.15) is 59.3 Å². The molecule has 0 aromatic rings. The maximum absolute atomic E-state index is 12.2. The van der Waals surface area contributed by atoms with Crippen LogP contribution in [0, 0.1) is 11.8 Å². The number of carbonyl (C=O) groups excluding carboxylic acids is 1. The molecule has 4 unspecified atom stereocenters. The highest BCUT2D eigenvalue weighted by Gasteiger charge is 2.37. The maximum atomic E-state index is 12.2. The van der Waals surface area contributed by atoms with Crippen molar-refractivity contribution in [3.8, 4) is 0 Å². The summed E-state index contributed by atoms with van der Waals surface area (Å²) >= 11 is 0. The number of amides is 1. The van der Waals surface area contributed by atoms with Crippen molar-refractivity contribution in [1.29, 1.82) is 0 Å². The lowest BCUT2D eigenvalue weighted by Crippen LogP contribution is -2.42. The largest absolute Gasteiger partial charge is 0.326 e. The summed E-state index contributed by atoms with van der Waals surface area (Å²) in [7, 11) is 0. The van der Waals surface area contributed by atoms with Crippen molar-refractivity contribution in [1.82, 2.24) is 10.2 Å². The van der Waals surface area contributed by atoms with Gasteiger partial charge in [-0.3, -0.25) is 10.1 Å². The van der Waals surface area contributed by atoms with Gasteiger partial charge < -0.3 is 4.90 Å². The molecule has 0 aromatic carbocycles. The fourth-order valence-corrected chi connectivity index (χ4v) is 3.50. The van der Waals surface area contributed by atoms with E-state index in [1.54, 1.807) is 0 Å². The Hall–Kier alpha value is -0.570. The van der Waals surface area contributed by atoms with E-state index in [-0.39, 0.29) is 12.2 Å². The highest BCUT2D eigenvalue weighted by molar-refractivity contribution is 5.83. The SMILES string of the molecule is CCCC1NC(C)C(=O)N1CC1CCCCC1C. The molecule has 0 aromatic heterocycles. The first kappa shape index (κ1) is 13.9. The van der Waals surface area contributed by atoms with Crippen molar-refractivity contribution >= 4 is 5.91 Å². The third kappa shape index (κ3) is 2.87. The zero-order valence-corrected chi connectivity index (χ0v) is 12.1. The first-order chi connectivity index (χ1) is 8.63. The summed E-state index contributed by atoms with van der Waals surface area (Å²) in [5, 5.41) is 3.44. The van der Waals surface area contributed by atoms with E-state index in [4.69, 9.17) is 0 Å². The van der Waals surface area contributed by atoms with Gasteiger partial charge in [-0.2, -0.15) is 0 Å². The summed E-state index contributed by atoms with van der Waals surface area (Å²) in [6.07, 6.45) is 7.86. The fraction of sp³-hybridized carbons (Fsp3) is 0.933. The molecule has 2 fully saturated rings. The van der Waals surface area contributed by atoms with Crippen LogP contribution in [0.25, 0.3) is 0 Å². The average Bonchev–Trinajstić information content (AvgIpc) is 2.60. The zero-order valence-electron chi connectivity index (χ0n) is 12.1. The third-order valence-electron chi connectivity index (χ3n) is 4.75. The normalized spacial score (nSPS) is 37.3. The Balaban J connectivity index is 1.98. The highest BCUT2D eigenvalue weighted by atomic mass is 16.2. The predicted octanol–water partition coefficient (Wildman–Crippen LogP) is 2.76. The van der Waals surface area contributed by atoms with Gasteiger partial charge in [0.05, 0.1) is 12.2 Å². The van der Waals surface area contributed by atoms with E-state index in [9.17, 15) is 4.79 Å². The van der Waals surface area contributed by atoms with Gasteiger partial charge in [0, 0.05) is 6.54 Å². The summed E-state index contributed by atoms with van der Waals surface area (Å²) in [6, 6.07) is 0.0143. The summed E-state index contributed by atoms with van der Waals surface area (Å²) in [6.45, 7) is 7.52. The second kappa shape index (κ2) is 6.05. The number of rotatable bonds is 4. The van der Waals surface area contributed by atoms with Gasteiger partial charge in [-0.1, -0.05) is 39.5 Å². The van der Waals surface area contributed by atoms with Crippen LogP contribution in [0.15, 0.2) is 0 Å². The Morgan fingerprint density at radius 2 is 2.00 bits per heavy atom. The number of carbonyl (C=O) groups is 1. The van der Waals surface area contributed by atoms with Crippen molar-refractivity contribution in [3.63, 3.8) is 0 Å². The number of hydrogen-bond acceptors (Lipinski definition) is 2. The zero-order chi connectivity index (χ0) is 13.1. The topological polar surface area (TPSA) is 32.3 Å². The van der Waals surface area contributed by atoms with Crippen molar-refractivity contribution in [2.45, 2.75) is 71.5 Å². The molecule has 4 atom stereocenters. The number of nitrogens with one attached hydrogen (secondary N) is 1. The Bertz CT molecular complexity index is 292. The molecular weight excluding hydrogens is 224 g/mol. The minimum Gasteiger partial charge on any atom is -0.326 e. The fourth-order valence-electron chi connectivity index (χ4n) is 3.50. The van der Waals surface area contributed by atoms with E-state index in [0.29, 0.717) is 11.8 Å². The van der Waals surface area contributed by atoms with Gasteiger partial charge in [0.2, 0.25) is 5.91 Å². The number of nitrogens with zero attached hydrogens (tertiary/aromatic N) is 1. The van der Waals surface area contributed by atoms with Crippen LogP contribution in [0.2, 0.25) is 0 Å². The van der Waals surface area contributed by atoms with Gasteiger partial charge in [0.1, 0.15) is 0 Å². The molecule has 18 heavy (non-hydrogen) atoms. The molecule has 0 spiro atoms. The lowest BCUT2D eigenvalue weighted by atomic mass is 9.80. The van der Waals surface area contributed by atoms with Crippen LogP contribution >= 0.6 is 0 Å². The monoisotopic (exact) mass is 252 g/mol. The van der Waals surface area contributed by atoms with Gasteiger partial charge >= 0.3 is 0 Å². The van der Waals surface area contributed by atoms with E-state index in [0.717, 1.165) is 25.3 Å². The van der Waals surface area contributed by atoms with Crippen molar-refractivity contribution in [3.05, 3.63) is 0 Å². The molecule has 1 aliphatic heterocycles. The second-order valence-electron chi connectivity index (χ2n) is 6.21. The van der Waals surface area contributed by atoms with Crippen LogP contribution < -0.4 is 5.32 Å². The molecule has 3 heteroatoms. The summed E-state index contributed by atoms with van der Waals surface area (Å²) in [5.41, 5.74) is 0. The van der Waals surface area contributed by atoms with Gasteiger partial charge in [-0.25, -0.2) is 0 Å². The van der Waals surface area contributed by atoms with Crippen molar-refractivity contribution in [2.24, 2.45) is 11.8 Å². The smallest absolute Gasteiger partial charge is 0.240 e. The van der Waals surface area contributed by atoms with Crippen LogP contribution in [0.3, 0.4) is 0 Å². The molecule has 1 amide bonds. The van der Waals surface area contributed by atoms with Crippen molar-refractivity contribution in [2.75, 3.05) is 6.54 Å². The molecule has 1 aliphatic carbocycles. The highest BCUT2D eigenvalue weighted by Crippen LogP contribution is 2.31. The maximum Gasteiger partial charge on any atom is 0.240 e. The molecule has 1 N–H and O–H groups in total. The minimum atomic E-state index is 0.0143. The van der Waals surface area contributed by atoms with Crippen LogP contribution in [0.4, 0.5) is 0 Å². The molecule has 0 radical (unpaired) electrons. The lowest BCUT2D eigenvalue weighted by Gasteiger charge is -2.34. The Labute approximate surface area is 111 Å². The summed E-state index contributed by atoms with van der Waals surface area (Å²) < 4.78 is 0. The Morgan fingerprint density at radius 1 is 1.28 bits per heavy atom. The lowest BCUT2D eigenvalue weighted by molar-refractivity contribution is -0.130. The van der Waals surface area contributed by atoms with Gasteiger partial charge in [0.25, 0.3) is 0 Å². The minimum absolute atomic E-state index is 0.0143. The van der Waals surface area contributed by atoms with E-state index in [1.807, 2.05) is 6.92 Å². The quantitative estimate of drug-likeness (QED) is 0.834. The molecule has 104 valence electrons. The van der Waals surface area contributed by atoms with Crippen LogP contribution in [0.5, 0.6) is 0 Å². The molecule has 1 heterocycles. The first-order valence-corrected chi connectivity index (χ1v) is 7.70. The van der Waals surface area contributed by atoms with Gasteiger partial charge in [0.15, 0.2) is 0 Å². The molecule has 1 saturated heterocycles. The van der Waals surface area contributed by atoms with Gasteiger partial charge in [-0.15, -0.1) is 0 Å². The Morgan fingerprint density at radius 3 is 2.67 bits per heavy atom. The van der Waals surface area contributed by atoms with Gasteiger partial charge in [-0.05, 0) is 31.6 Å². The molecule has 0 bridgehead atoms. The third-order valence-corrected chi connectivity index (χ3v) is 4.75. The Kier molecular flexibility index (Phi) is 4.66. The first-order valence-electron chi connectivity index (χ1n) is 7.70. The molecule has 2 rings (SSSR count). The average molecular weight is 252 g/mol. The number of hydrogen-bond donors (Lipinski definition) is 1. The standard InChI is InChI=1S/C15H28N2O/c1-4-7-14-16-12(3)15(18)17(14)10-13-9-6-5-8-11(13)2/h11-14,16H,4-10H2,1-3H3. The van der Waals surface area contributed by atoms with Crippen LogP contribution in [-0.2, 0) is 4.79 Å². The molecule has 1 saturated carbocycles. The molecular formula is C15H28N2O. The van der Waals surface area contributed by atoms with E-state index < -0.39 is 0 Å². The van der Waals surface area contributed by atoms with Crippen LogP contribution in [-0.4, -0.2) is 29.6 Å². The molecule has 3 nitrogen and oxygen atoms in total. The molecule has 2 aliphatic rings. The summed E-state index contributed by atoms with van der Waals surface area (Å²) in [5.74, 6) is 1.81. The van der Waals surface area contributed by atoms with E-state index >= 15 is 0 Å². The predicted molar refractivity (Wildman–Crippen MR) is 74.1 cm³/mol. The summed E-state index contributed by atoms with van der Waals surface area (Å²) in [4.78, 5) is 14.4. The van der Waals surface area contributed by atoms with E-state index in [1.165, 1.54) is 25.7 Å². The second-order valence-corrected chi connectivity index (χ2v) is 6.21. The van der Waals surface area contributed by atoms with E-state index in [2.05, 4.69) is 24.1 Å². The van der Waals surface area contributed by atoms with Crippen molar-refractivity contribution < 1.29 is 4.79 Å².